The number of methoxy groups -OCH3 is 3. The normalized spacial score (nSPS) is 11.4. The van der Waals surface area contributed by atoms with Gasteiger partial charge in [-0.05, 0) is 48.0 Å². The first-order chi connectivity index (χ1) is 17.0. The fourth-order valence-corrected chi connectivity index (χ4v) is 4.38. The number of hydrogen-bond donors (Lipinski definition) is 0. The van der Waals surface area contributed by atoms with Crippen LogP contribution in [-0.2, 0) is 6.54 Å². The van der Waals surface area contributed by atoms with Crippen molar-refractivity contribution < 1.29 is 19.0 Å². The molecule has 0 fully saturated rings. The van der Waals surface area contributed by atoms with Gasteiger partial charge in [-0.2, -0.15) is 0 Å². The number of ketones is 1. The number of carbonyl (C=O) groups is 1. The molecule has 0 atom stereocenters. The number of allylic oxidation sites excluding steroid dienone is 2. The molecule has 1 aromatic heterocycles. The second-order valence-corrected chi connectivity index (χ2v) is 8.75. The summed E-state index contributed by atoms with van der Waals surface area (Å²) in [5, 5.41) is 1.01. The Bertz CT molecular complexity index is 1420. The van der Waals surface area contributed by atoms with E-state index >= 15 is 0 Å². The molecule has 0 saturated heterocycles. The van der Waals surface area contributed by atoms with E-state index in [1.165, 1.54) is 0 Å². The number of benzene rings is 3. The van der Waals surface area contributed by atoms with Crippen LogP contribution in [0.3, 0.4) is 0 Å². The van der Waals surface area contributed by atoms with Crippen LogP contribution < -0.4 is 14.2 Å². The highest BCUT2D eigenvalue weighted by Gasteiger charge is 2.21. The number of halogens is 1. The molecule has 0 aliphatic rings. The average molecular weight is 532 g/mol. The van der Waals surface area contributed by atoms with Gasteiger partial charge in [-0.3, -0.25) is 4.79 Å². The van der Waals surface area contributed by atoms with E-state index in [0.29, 0.717) is 29.4 Å². The number of fused-ring (bicyclic) bond motifs is 1. The van der Waals surface area contributed by atoms with Crippen molar-refractivity contribution >= 4 is 38.2 Å². The zero-order chi connectivity index (χ0) is 24.9. The highest BCUT2D eigenvalue weighted by Crippen LogP contribution is 2.42. The Morgan fingerprint density at radius 1 is 0.914 bits per heavy atom. The van der Waals surface area contributed by atoms with Crippen LogP contribution in [0.2, 0.25) is 0 Å². The molecule has 3 aromatic carbocycles. The fourth-order valence-electron chi connectivity index (χ4n) is 4.12. The first kappa shape index (κ1) is 24.4. The molecule has 6 heteroatoms. The molecular weight excluding hydrogens is 506 g/mol. The van der Waals surface area contributed by atoms with Crippen LogP contribution >= 0.6 is 15.9 Å². The molecule has 0 unspecified atom stereocenters. The predicted octanol–water partition coefficient (Wildman–Crippen LogP) is 6.93. The number of para-hydroxylation sites is 1. The lowest BCUT2D eigenvalue weighted by atomic mass is 9.93. The van der Waals surface area contributed by atoms with Crippen molar-refractivity contribution in [2.45, 2.75) is 6.54 Å². The van der Waals surface area contributed by atoms with Crippen LogP contribution in [0.4, 0.5) is 0 Å². The van der Waals surface area contributed by atoms with Crippen LogP contribution in [0.25, 0.3) is 16.5 Å². The topological polar surface area (TPSA) is 49.7 Å². The summed E-state index contributed by atoms with van der Waals surface area (Å²) in [6.07, 6.45) is 5.56. The van der Waals surface area contributed by atoms with E-state index in [-0.39, 0.29) is 5.78 Å². The summed E-state index contributed by atoms with van der Waals surface area (Å²) in [4.78, 5) is 13.4. The second kappa shape index (κ2) is 10.7. The average Bonchev–Trinajstić information content (AvgIpc) is 3.25. The van der Waals surface area contributed by atoms with Gasteiger partial charge in [-0.1, -0.05) is 40.2 Å². The molecule has 0 amide bonds. The molecule has 0 spiro atoms. The third-order valence-corrected chi connectivity index (χ3v) is 6.33. The Balaban J connectivity index is 2.01. The monoisotopic (exact) mass is 531 g/mol. The molecule has 35 heavy (non-hydrogen) atoms. The minimum Gasteiger partial charge on any atom is -0.496 e. The van der Waals surface area contributed by atoms with E-state index in [4.69, 9.17) is 14.2 Å². The number of aromatic nitrogens is 1. The van der Waals surface area contributed by atoms with E-state index in [0.717, 1.165) is 32.1 Å². The van der Waals surface area contributed by atoms with Crippen LogP contribution in [-0.4, -0.2) is 31.7 Å². The van der Waals surface area contributed by atoms with Gasteiger partial charge < -0.3 is 18.8 Å². The Kier molecular flexibility index (Phi) is 7.42. The number of nitrogens with zero attached hydrogens (tertiary/aromatic N) is 1. The lowest BCUT2D eigenvalue weighted by Crippen LogP contribution is -2.01. The Labute approximate surface area is 213 Å². The summed E-state index contributed by atoms with van der Waals surface area (Å²) >= 11 is 3.43. The summed E-state index contributed by atoms with van der Waals surface area (Å²) < 4.78 is 19.8. The molecule has 0 saturated carbocycles. The maximum absolute atomic E-state index is 13.4. The zero-order valence-electron chi connectivity index (χ0n) is 19.9. The second-order valence-electron chi connectivity index (χ2n) is 7.84. The van der Waals surface area contributed by atoms with Gasteiger partial charge >= 0.3 is 0 Å². The van der Waals surface area contributed by atoms with Crippen molar-refractivity contribution in [3.63, 3.8) is 0 Å². The molecule has 4 rings (SSSR count). The van der Waals surface area contributed by atoms with E-state index < -0.39 is 0 Å². The van der Waals surface area contributed by atoms with Gasteiger partial charge in [0.25, 0.3) is 0 Å². The predicted molar refractivity (Wildman–Crippen MR) is 144 cm³/mol. The van der Waals surface area contributed by atoms with Gasteiger partial charge in [0.15, 0.2) is 17.3 Å². The van der Waals surface area contributed by atoms with E-state index in [1.807, 2.05) is 42.6 Å². The van der Waals surface area contributed by atoms with Gasteiger partial charge in [0.1, 0.15) is 5.75 Å². The fraction of sp³-hybridized carbons (Fsp3) is 0.138. The first-order valence-corrected chi connectivity index (χ1v) is 11.8. The molecule has 4 aromatic rings. The lowest BCUT2D eigenvalue weighted by molar-refractivity contribution is 0.104. The van der Waals surface area contributed by atoms with Crippen LogP contribution in [0.5, 0.6) is 17.2 Å². The number of carbonyl (C=O) groups excluding carboxylic acids is 1. The Hall–Kier alpha value is -3.77. The Morgan fingerprint density at radius 2 is 1.57 bits per heavy atom. The molecule has 0 bridgehead atoms. The van der Waals surface area contributed by atoms with Crippen molar-refractivity contribution in [2.75, 3.05) is 21.3 Å². The molecule has 5 nitrogen and oxygen atoms in total. The number of hydrogen-bond acceptors (Lipinski definition) is 4. The minimum atomic E-state index is -0.120. The van der Waals surface area contributed by atoms with Gasteiger partial charge in [-0.15, -0.1) is 6.58 Å². The molecule has 0 aliphatic heterocycles. The van der Waals surface area contributed by atoms with Crippen LogP contribution in [0.15, 0.2) is 90.1 Å². The van der Waals surface area contributed by atoms with Crippen LogP contribution in [0, 0.1) is 0 Å². The first-order valence-electron chi connectivity index (χ1n) is 11.0. The Morgan fingerprint density at radius 3 is 2.23 bits per heavy atom. The largest absolute Gasteiger partial charge is 0.496 e. The van der Waals surface area contributed by atoms with E-state index in [9.17, 15) is 4.79 Å². The molecule has 0 aliphatic carbocycles. The molecule has 0 N–H and O–H groups in total. The third kappa shape index (κ3) is 4.88. The zero-order valence-corrected chi connectivity index (χ0v) is 21.5. The highest BCUT2D eigenvalue weighted by molar-refractivity contribution is 9.10. The molecule has 1 heterocycles. The van der Waals surface area contributed by atoms with Gasteiger partial charge in [-0.25, -0.2) is 0 Å². The molecule has 0 radical (unpaired) electrons. The third-order valence-electron chi connectivity index (χ3n) is 5.80. The van der Waals surface area contributed by atoms with Crippen molar-refractivity contribution in [1.82, 2.24) is 4.57 Å². The van der Waals surface area contributed by atoms with Crippen LogP contribution in [0.1, 0.15) is 21.5 Å². The van der Waals surface area contributed by atoms with Crippen molar-refractivity contribution in [3.05, 3.63) is 107 Å². The van der Waals surface area contributed by atoms with Gasteiger partial charge in [0, 0.05) is 50.9 Å². The van der Waals surface area contributed by atoms with Crippen molar-refractivity contribution in [2.24, 2.45) is 0 Å². The standard InChI is InChI=1S/C29H26BrNO4/c1-5-14-31-18-24(21-8-6-7-9-25(21)31)22(15-26(32)19-10-12-20(30)13-11-19)23-16-28(34-3)29(35-4)17-27(23)33-2/h5-13,15-18H,1,14H2,2-4H3/b22-15-. The lowest BCUT2D eigenvalue weighted by Gasteiger charge is -2.16. The maximum atomic E-state index is 13.4. The van der Waals surface area contributed by atoms with Gasteiger partial charge in [0.2, 0.25) is 0 Å². The number of rotatable bonds is 9. The highest BCUT2D eigenvalue weighted by atomic mass is 79.9. The molecule has 178 valence electrons. The quantitative estimate of drug-likeness (QED) is 0.133. The van der Waals surface area contributed by atoms with Crippen molar-refractivity contribution in [1.29, 1.82) is 0 Å². The summed E-state index contributed by atoms with van der Waals surface area (Å²) in [7, 11) is 4.76. The number of ether oxygens (including phenoxy) is 3. The summed E-state index contributed by atoms with van der Waals surface area (Å²) in [6.45, 7) is 4.53. The van der Waals surface area contributed by atoms with E-state index in [1.54, 1.807) is 45.6 Å². The summed E-state index contributed by atoms with van der Waals surface area (Å²) in [6, 6.07) is 19.0. The SMILES string of the molecule is C=CCn1cc(/C(=C\C(=O)c2ccc(Br)cc2)c2cc(OC)c(OC)cc2OC)c2ccccc21. The molecular formula is C29H26BrNO4. The van der Waals surface area contributed by atoms with Gasteiger partial charge in [0.05, 0.1) is 21.3 Å². The smallest absolute Gasteiger partial charge is 0.186 e. The summed E-state index contributed by atoms with van der Waals surface area (Å²) in [5.74, 6) is 1.53. The maximum Gasteiger partial charge on any atom is 0.186 e. The van der Waals surface area contributed by atoms with E-state index in [2.05, 4.69) is 39.2 Å². The van der Waals surface area contributed by atoms with Crippen molar-refractivity contribution in [3.8, 4) is 17.2 Å². The minimum absolute atomic E-state index is 0.120. The summed E-state index contributed by atoms with van der Waals surface area (Å²) in [5.41, 5.74) is 3.97.